The number of anilines is 1. The van der Waals surface area contributed by atoms with Crippen LogP contribution in [0.25, 0.3) is 0 Å². The van der Waals surface area contributed by atoms with E-state index in [-0.39, 0.29) is 17.7 Å². The number of nitriles is 1. The highest BCUT2D eigenvalue weighted by atomic mass is 16.2. The monoisotopic (exact) mass is 368 g/mol. The Morgan fingerprint density at radius 2 is 1.85 bits per heavy atom. The number of rotatable bonds is 4. The highest BCUT2D eigenvalue weighted by Crippen LogP contribution is 2.29. The molecule has 1 aromatic rings. The van der Waals surface area contributed by atoms with Crippen LogP contribution in [0.2, 0.25) is 0 Å². The first-order valence-electron chi connectivity index (χ1n) is 9.90. The zero-order valence-corrected chi connectivity index (χ0v) is 16.0. The summed E-state index contributed by atoms with van der Waals surface area (Å²) in [6, 6.07) is 9.46. The Morgan fingerprint density at radius 1 is 1.11 bits per heavy atom. The lowest BCUT2D eigenvalue weighted by molar-refractivity contribution is -0.137. The van der Waals surface area contributed by atoms with Gasteiger partial charge >= 0.3 is 0 Å². The van der Waals surface area contributed by atoms with E-state index in [9.17, 15) is 14.9 Å². The van der Waals surface area contributed by atoms with Crippen LogP contribution in [-0.2, 0) is 9.59 Å². The fourth-order valence-electron chi connectivity index (χ4n) is 4.31. The van der Waals surface area contributed by atoms with Crippen LogP contribution < -0.4 is 10.2 Å². The van der Waals surface area contributed by atoms with Gasteiger partial charge in [-0.15, -0.1) is 0 Å². The number of carbonyl (C=O) groups excluding carboxylic acids is 2. The molecule has 2 aliphatic rings. The number of para-hydroxylation sites is 1. The van der Waals surface area contributed by atoms with Crippen LogP contribution in [0.4, 0.5) is 5.69 Å². The van der Waals surface area contributed by atoms with Gasteiger partial charge in [-0.1, -0.05) is 25.0 Å². The van der Waals surface area contributed by atoms with Gasteiger partial charge < -0.3 is 15.1 Å². The molecular weight excluding hydrogens is 340 g/mol. The van der Waals surface area contributed by atoms with E-state index in [0.717, 1.165) is 44.3 Å². The van der Waals surface area contributed by atoms with Gasteiger partial charge in [0, 0.05) is 33.1 Å². The normalized spacial score (nSPS) is 19.3. The molecule has 1 aliphatic heterocycles. The summed E-state index contributed by atoms with van der Waals surface area (Å²) in [4.78, 5) is 28.9. The van der Waals surface area contributed by atoms with Crippen LogP contribution in [0.5, 0.6) is 0 Å². The second kappa shape index (κ2) is 8.90. The first-order chi connectivity index (χ1) is 13.1. The van der Waals surface area contributed by atoms with Crippen molar-refractivity contribution in [3.8, 4) is 6.07 Å². The van der Waals surface area contributed by atoms with Gasteiger partial charge in [0.05, 0.1) is 11.3 Å². The molecule has 2 amide bonds. The molecule has 3 rings (SSSR count). The minimum absolute atomic E-state index is 0.0486. The number of nitrogens with zero attached hydrogens (tertiary/aromatic N) is 3. The van der Waals surface area contributed by atoms with Gasteiger partial charge in [0.15, 0.2) is 0 Å². The van der Waals surface area contributed by atoms with Gasteiger partial charge in [0.2, 0.25) is 11.8 Å². The molecular formula is C21H28N4O2. The molecule has 1 N–H and O–H groups in total. The molecule has 1 saturated carbocycles. The largest absolute Gasteiger partial charge is 0.369 e. The first kappa shape index (κ1) is 19.2. The van der Waals surface area contributed by atoms with Crippen molar-refractivity contribution in [2.45, 2.75) is 45.1 Å². The Morgan fingerprint density at radius 3 is 2.56 bits per heavy atom. The van der Waals surface area contributed by atoms with Gasteiger partial charge in [0.25, 0.3) is 0 Å². The van der Waals surface area contributed by atoms with Crippen molar-refractivity contribution in [3.63, 3.8) is 0 Å². The number of hydrogen-bond acceptors (Lipinski definition) is 4. The van der Waals surface area contributed by atoms with E-state index in [2.05, 4.69) is 16.3 Å². The molecule has 0 radical (unpaired) electrons. The molecule has 1 heterocycles. The maximum Gasteiger partial charge on any atom is 0.245 e. The van der Waals surface area contributed by atoms with E-state index in [1.165, 1.54) is 6.92 Å². The molecule has 2 fully saturated rings. The van der Waals surface area contributed by atoms with Crippen molar-refractivity contribution >= 4 is 17.5 Å². The van der Waals surface area contributed by atoms with Crippen molar-refractivity contribution in [2.75, 3.05) is 31.1 Å². The number of carbonyl (C=O) groups is 2. The molecule has 1 aromatic carbocycles. The fraction of sp³-hybridized carbons (Fsp3) is 0.571. The van der Waals surface area contributed by atoms with E-state index >= 15 is 0 Å². The van der Waals surface area contributed by atoms with E-state index < -0.39 is 6.04 Å². The molecule has 6 nitrogen and oxygen atoms in total. The predicted molar refractivity (Wildman–Crippen MR) is 104 cm³/mol. The Kier molecular flexibility index (Phi) is 6.33. The van der Waals surface area contributed by atoms with Crippen molar-refractivity contribution in [1.29, 1.82) is 5.26 Å². The lowest BCUT2D eigenvalue weighted by Crippen LogP contribution is -2.52. The van der Waals surface area contributed by atoms with Crippen LogP contribution >= 0.6 is 0 Å². The minimum atomic E-state index is -0.400. The third-order valence-electron chi connectivity index (χ3n) is 5.67. The van der Waals surface area contributed by atoms with Crippen LogP contribution in [0, 0.1) is 17.2 Å². The molecule has 144 valence electrons. The standard InChI is InChI=1S/C21H28N4O2/c1-16(26)23-20(17-7-2-3-8-17)21(27)25-12-6-11-24(13-14-25)19-10-5-4-9-18(19)15-22/h4-5,9-10,17,20H,2-3,6-8,11-14H2,1H3,(H,23,26). The minimum Gasteiger partial charge on any atom is -0.369 e. The summed E-state index contributed by atoms with van der Waals surface area (Å²) in [5, 5.41) is 12.3. The summed E-state index contributed by atoms with van der Waals surface area (Å²) in [5.41, 5.74) is 1.60. The van der Waals surface area contributed by atoms with Gasteiger partial charge in [-0.25, -0.2) is 0 Å². The average Bonchev–Trinajstić information content (AvgIpc) is 3.09. The average molecular weight is 368 g/mol. The highest BCUT2D eigenvalue weighted by molar-refractivity contribution is 5.87. The summed E-state index contributed by atoms with van der Waals surface area (Å²) in [7, 11) is 0. The maximum atomic E-state index is 13.2. The second-order valence-electron chi connectivity index (χ2n) is 7.52. The van der Waals surface area contributed by atoms with Crippen molar-refractivity contribution in [2.24, 2.45) is 5.92 Å². The van der Waals surface area contributed by atoms with Crippen LogP contribution in [0.3, 0.4) is 0 Å². The first-order valence-corrected chi connectivity index (χ1v) is 9.90. The lowest BCUT2D eigenvalue weighted by atomic mass is 9.96. The smallest absolute Gasteiger partial charge is 0.245 e. The zero-order chi connectivity index (χ0) is 19.2. The van der Waals surface area contributed by atoms with Crippen LogP contribution in [0.15, 0.2) is 24.3 Å². The van der Waals surface area contributed by atoms with E-state index in [4.69, 9.17) is 0 Å². The van der Waals surface area contributed by atoms with Gasteiger partial charge in [-0.05, 0) is 37.3 Å². The third kappa shape index (κ3) is 4.60. The van der Waals surface area contributed by atoms with E-state index in [1.807, 2.05) is 29.2 Å². The van der Waals surface area contributed by atoms with Gasteiger partial charge in [0.1, 0.15) is 12.1 Å². The summed E-state index contributed by atoms with van der Waals surface area (Å²) in [6.07, 6.45) is 5.13. The Balaban J connectivity index is 1.69. The number of hydrogen-bond donors (Lipinski definition) is 1. The number of benzene rings is 1. The molecule has 6 heteroatoms. The maximum absolute atomic E-state index is 13.2. The molecule has 0 spiro atoms. The molecule has 1 atom stereocenters. The van der Waals surface area contributed by atoms with Gasteiger partial charge in [-0.3, -0.25) is 9.59 Å². The van der Waals surface area contributed by atoms with E-state index in [0.29, 0.717) is 25.2 Å². The predicted octanol–water partition coefficient (Wildman–Crippen LogP) is 2.29. The van der Waals surface area contributed by atoms with Gasteiger partial charge in [-0.2, -0.15) is 5.26 Å². The van der Waals surface area contributed by atoms with Crippen LogP contribution in [-0.4, -0.2) is 48.9 Å². The fourth-order valence-corrected chi connectivity index (χ4v) is 4.31. The Hall–Kier alpha value is -2.55. The quantitative estimate of drug-likeness (QED) is 0.885. The molecule has 0 aromatic heterocycles. The van der Waals surface area contributed by atoms with E-state index in [1.54, 1.807) is 0 Å². The summed E-state index contributed by atoms with van der Waals surface area (Å²) in [6.45, 7) is 4.30. The summed E-state index contributed by atoms with van der Waals surface area (Å²) >= 11 is 0. The van der Waals surface area contributed by atoms with Crippen LogP contribution in [0.1, 0.15) is 44.6 Å². The third-order valence-corrected chi connectivity index (χ3v) is 5.67. The van der Waals surface area contributed by atoms with Crippen molar-refractivity contribution in [3.05, 3.63) is 29.8 Å². The Labute approximate surface area is 161 Å². The summed E-state index contributed by atoms with van der Waals surface area (Å²) < 4.78 is 0. The lowest BCUT2D eigenvalue weighted by Gasteiger charge is -2.30. The summed E-state index contributed by atoms with van der Waals surface area (Å²) in [5.74, 6) is 0.159. The van der Waals surface area contributed by atoms with Crippen molar-refractivity contribution < 1.29 is 9.59 Å². The molecule has 27 heavy (non-hydrogen) atoms. The highest BCUT2D eigenvalue weighted by Gasteiger charge is 2.34. The molecule has 1 unspecified atom stereocenters. The number of amides is 2. The van der Waals surface area contributed by atoms with Crippen molar-refractivity contribution in [1.82, 2.24) is 10.2 Å². The molecule has 1 saturated heterocycles. The number of nitrogens with one attached hydrogen (secondary N) is 1. The molecule has 1 aliphatic carbocycles. The topological polar surface area (TPSA) is 76.4 Å². The molecule has 0 bridgehead atoms. The SMILES string of the molecule is CC(=O)NC(C(=O)N1CCCN(c2ccccc2C#N)CC1)C1CCCC1. The zero-order valence-electron chi connectivity index (χ0n) is 16.0. The Bertz CT molecular complexity index is 721. The second-order valence-corrected chi connectivity index (χ2v) is 7.52.